The second-order valence-corrected chi connectivity index (χ2v) is 5.22. The van der Waals surface area contributed by atoms with Gasteiger partial charge < -0.3 is 20.9 Å². The Bertz CT molecular complexity index is 755. The first-order chi connectivity index (χ1) is 11.6. The van der Waals surface area contributed by atoms with E-state index in [2.05, 4.69) is 16.9 Å². The van der Waals surface area contributed by atoms with Crippen LogP contribution in [0.1, 0.15) is 31.7 Å². The third-order valence-electron chi connectivity index (χ3n) is 3.51. The number of hydrogen-bond donors (Lipinski definition) is 2. The molecule has 4 N–H and O–H groups in total. The van der Waals surface area contributed by atoms with Gasteiger partial charge in [-0.3, -0.25) is 0 Å². The second kappa shape index (κ2) is 8.02. The number of methoxy groups -OCH3 is 1. The second-order valence-electron chi connectivity index (χ2n) is 5.22. The largest absolute Gasteiger partial charge is 0.493 e. The maximum absolute atomic E-state index is 9.29. The van der Waals surface area contributed by atoms with Gasteiger partial charge in [-0.15, -0.1) is 0 Å². The summed E-state index contributed by atoms with van der Waals surface area (Å²) in [5.41, 5.74) is 12.6. The predicted molar refractivity (Wildman–Crippen MR) is 92.6 cm³/mol. The van der Waals surface area contributed by atoms with E-state index in [0.717, 1.165) is 19.3 Å². The lowest BCUT2D eigenvalue weighted by atomic mass is 10.1. The minimum absolute atomic E-state index is 0.0142. The Balaban J connectivity index is 2.35. The van der Waals surface area contributed by atoms with E-state index in [-0.39, 0.29) is 17.3 Å². The van der Waals surface area contributed by atoms with E-state index in [1.54, 1.807) is 25.3 Å². The molecule has 0 saturated carbocycles. The summed E-state index contributed by atoms with van der Waals surface area (Å²) in [7, 11) is 1.56. The number of anilines is 2. The molecule has 1 aromatic heterocycles. The summed E-state index contributed by atoms with van der Waals surface area (Å²) in [5, 5.41) is 9.29. The normalized spacial score (nSPS) is 10.2. The van der Waals surface area contributed by atoms with E-state index in [1.807, 2.05) is 6.07 Å². The minimum Gasteiger partial charge on any atom is -0.493 e. The summed E-state index contributed by atoms with van der Waals surface area (Å²) in [6.07, 6.45) is 3.23. The number of nitriles is 1. The van der Waals surface area contributed by atoms with Gasteiger partial charge in [-0.25, -0.2) is 4.98 Å². The molecular weight excluding hydrogens is 306 g/mol. The highest BCUT2D eigenvalue weighted by molar-refractivity contribution is 5.74. The fourth-order valence-electron chi connectivity index (χ4n) is 2.28. The maximum atomic E-state index is 9.29. The van der Waals surface area contributed by atoms with Crippen LogP contribution in [0.2, 0.25) is 0 Å². The van der Waals surface area contributed by atoms with E-state index in [9.17, 15) is 5.26 Å². The van der Waals surface area contributed by atoms with Crippen LogP contribution >= 0.6 is 0 Å². The number of ether oxygens (including phenoxy) is 2. The zero-order valence-corrected chi connectivity index (χ0v) is 13.9. The number of rotatable bonds is 7. The van der Waals surface area contributed by atoms with Gasteiger partial charge in [0, 0.05) is 5.56 Å². The number of nitrogens with zero attached hydrogens (tertiary/aromatic N) is 3. The van der Waals surface area contributed by atoms with Crippen LogP contribution < -0.4 is 20.9 Å². The highest BCUT2D eigenvalue weighted by Gasteiger charge is 2.15. The van der Waals surface area contributed by atoms with Crippen molar-refractivity contribution in [2.24, 2.45) is 0 Å². The summed E-state index contributed by atoms with van der Waals surface area (Å²) in [6.45, 7) is 2.77. The van der Waals surface area contributed by atoms with Gasteiger partial charge in [0.2, 0.25) is 5.95 Å². The Morgan fingerprint density at radius 3 is 2.62 bits per heavy atom. The molecule has 0 spiro atoms. The first kappa shape index (κ1) is 17.3. The van der Waals surface area contributed by atoms with E-state index < -0.39 is 0 Å². The Morgan fingerprint density at radius 1 is 1.17 bits per heavy atom. The molecule has 0 saturated heterocycles. The maximum Gasteiger partial charge on any atom is 0.222 e. The molecule has 1 aromatic carbocycles. The number of nitrogens with two attached hydrogens (primary N) is 2. The van der Waals surface area contributed by atoms with Gasteiger partial charge in [0.05, 0.1) is 19.4 Å². The monoisotopic (exact) mass is 327 g/mol. The molecule has 0 bridgehead atoms. The Labute approximate surface area is 141 Å². The molecule has 0 radical (unpaired) electrons. The molecule has 2 rings (SSSR count). The van der Waals surface area contributed by atoms with Crippen molar-refractivity contribution in [2.45, 2.75) is 26.2 Å². The summed E-state index contributed by atoms with van der Waals surface area (Å²) in [4.78, 5) is 7.95. The van der Waals surface area contributed by atoms with Crippen LogP contribution in [0.4, 0.5) is 11.8 Å². The smallest absolute Gasteiger partial charge is 0.222 e. The molecule has 0 aliphatic rings. The SMILES string of the molecule is CCCCCOc1ccc(-c2nc(N)nc(N)c2C#N)cc1OC. The van der Waals surface area contributed by atoms with Gasteiger partial charge in [-0.05, 0) is 24.6 Å². The predicted octanol–water partition coefficient (Wildman–Crippen LogP) is 2.76. The van der Waals surface area contributed by atoms with Gasteiger partial charge in [-0.1, -0.05) is 19.8 Å². The third-order valence-corrected chi connectivity index (χ3v) is 3.51. The van der Waals surface area contributed by atoms with Gasteiger partial charge in [-0.2, -0.15) is 10.2 Å². The Morgan fingerprint density at radius 2 is 1.96 bits per heavy atom. The quantitative estimate of drug-likeness (QED) is 0.750. The van der Waals surface area contributed by atoms with Crippen LogP contribution in [0.25, 0.3) is 11.3 Å². The van der Waals surface area contributed by atoms with Crippen LogP contribution in [0, 0.1) is 11.3 Å². The molecule has 7 heteroatoms. The van der Waals surface area contributed by atoms with E-state index in [4.69, 9.17) is 20.9 Å². The topological polar surface area (TPSA) is 120 Å². The van der Waals surface area contributed by atoms with Crippen LogP contribution in [-0.4, -0.2) is 23.7 Å². The standard InChI is InChI=1S/C17H21N5O2/c1-3-4-5-8-24-13-7-6-11(9-14(13)23-2)15-12(10-18)16(19)22-17(20)21-15/h6-7,9H,3-5,8H2,1-2H3,(H4,19,20,21,22). The van der Waals surface area contributed by atoms with Crippen molar-refractivity contribution in [3.63, 3.8) is 0 Å². The number of benzene rings is 1. The van der Waals surface area contributed by atoms with Gasteiger partial charge in [0.25, 0.3) is 0 Å². The number of aromatic nitrogens is 2. The zero-order valence-electron chi connectivity index (χ0n) is 13.9. The highest BCUT2D eigenvalue weighted by Crippen LogP contribution is 2.34. The van der Waals surface area contributed by atoms with E-state index >= 15 is 0 Å². The fraction of sp³-hybridized carbons (Fsp3) is 0.353. The molecule has 0 amide bonds. The molecule has 126 valence electrons. The summed E-state index contributed by atoms with van der Waals surface area (Å²) < 4.78 is 11.1. The van der Waals surface area contributed by atoms with E-state index in [0.29, 0.717) is 29.4 Å². The first-order valence-corrected chi connectivity index (χ1v) is 7.75. The van der Waals surface area contributed by atoms with Crippen molar-refractivity contribution in [2.75, 3.05) is 25.2 Å². The highest BCUT2D eigenvalue weighted by atomic mass is 16.5. The molecule has 2 aromatic rings. The molecule has 24 heavy (non-hydrogen) atoms. The van der Waals surface area contributed by atoms with E-state index in [1.165, 1.54) is 0 Å². The lowest BCUT2D eigenvalue weighted by Gasteiger charge is -2.13. The van der Waals surface area contributed by atoms with Crippen LogP contribution in [-0.2, 0) is 0 Å². The molecule has 0 atom stereocenters. The Hall–Kier alpha value is -3.01. The summed E-state index contributed by atoms with van der Waals surface area (Å²) >= 11 is 0. The lowest BCUT2D eigenvalue weighted by Crippen LogP contribution is -2.05. The van der Waals surface area contributed by atoms with Crippen molar-refractivity contribution in [3.05, 3.63) is 23.8 Å². The van der Waals surface area contributed by atoms with Gasteiger partial charge in [0.1, 0.15) is 17.5 Å². The minimum atomic E-state index is 0.0142. The Kier molecular flexibility index (Phi) is 5.79. The molecule has 0 unspecified atom stereocenters. The zero-order chi connectivity index (χ0) is 17.5. The number of unbranched alkanes of at least 4 members (excludes halogenated alkanes) is 2. The fourth-order valence-corrected chi connectivity index (χ4v) is 2.28. The van der Waals surface area contributed by atoms with Crippen molar-refractivity contribution in [3.8, 4) is 28.8 Å². The first-order valence-electron chi connectivity index (χ1n) is 7.75. The van der Waals surface area contributed by atoms with Crippen molar-refractivity contribution in [1.29, 1.82) is 5.26 Å². The number of nitrogen functional groups attached to an aromatic ring is 2. The summed E-state index contributed by atoms with van der Waals surface area (Å²) in [6, 6.07) is 7.34. The van der Waals surface area contributed by atoms with Gasteiger partial charge in [0.15, 0.2) is 11.5 Å². The molecule has 0 aliphatic heterocycles. The molecule has 1 heterocycles. The van der Waals surface area contributed by atoms with Crippen molar-refractivity contribution in [1.82, 2.24) is 9.97 Å². The molecule has 0 fully saturated rings. The van der Waals surface area contributed by atoms with Crippen LogP contribution in [0.5, 0.6) is 11.5 Å². The van der Waals surface area contributed by atoms with Crippen LogP contribution in [0.3, 0.4) is 0 Å². The average Bonchev–Trinajstić information content (AvgIpc) is 2.58. The molecular formula is C17H21N5O2. The van der Waals surface area contributed by atoms with Crippen LogP contribution in [0.15, 0.2) is 18.2 Å². The number of hydrogen-bond acceptors (Lipinski definition) is 7. The van der Waals surface area contributed by atoms with Crippen molar-refractivity contribution < 1.29 is 9.47 Å². The molecule has 7 nitrogen and oxygen atoms in total. The average molecular weight is 327 g/mol. The van der Waals surface area contributed by atoms with Gasteiger partial charge >= 0.3 is 0 Å². The molecule has 0 aliphatic carbocycles. The van der Waals surface area contributed by atoms with Crippen molar-refractivity contribution >= 4 is 11.8 Å². The lowest BCUT2D eigenvalue weighted by molar-refractivity contribution is 0.286. The third kappa shape index (κ3) is 3.84. The summed E-state index contributed by atoms with van der Waals surface area (Å²) in [5.74, 6) is 1.27.